The first-order valence-corrected chi connectivity index (χ1v) is 13.3. The molecule has 1 aliphatic rings. The molecule has 0 saturated carbocycles. The molecule has 0 aromatic rings. The van der Waals surface area contributed by atoms with E-state index in [9.17, 15) is 4.79 Å². The van der Waals surface area contributed by atoms with Crippen molar-refractivity contribution in [3.05, 3.63) is 0 Å². The summed E-state index contributed by atoms with van der Waals surface area (Å²) in [6, 6.07) is 0. The van der Waals surface area contributed by atoms with Crippen LogP contribution >= 0.6 is 0 Å². The number of ether oxygens (including phenoxy) is 3. The molecule has 0 aromatic carbocycles. The number of hydrogen-bond donors (Lipinski definition) is 0. The molecule has 0 aliphatic carbocycles. The van der Waals surface area contributed by atoms with Crippen LogP contribution in [0.15, 0.2) is 0 Å². The van der Waals surface area contributed by atoms with Crippen LogP contribution in [-0.4, -0.2) is 31.1 Å². The summed E-state index contributed by atoms with van der Waals surface area (Å²) < 4.78 is 18.0. The van der Waals surface area contributed by atoms with Crippen molar-refractivity contribution >= 4 is 5.97 Å². The van der Waals surface area contributed by atoms with Gasteiger partial charge in [0.1, 0.15) is 0 Å². The van der Waals surface area contributed by atoms with E-state index < -0.39 is 30.4 Å². The normalized spacial score (nSPS) is 23.5. The van der Waals surface area contributed by atoms with Crippen LogP contribution < -0.4 is 0 Å². The van der Waals surface area contributed by atoms with E-state index in [1.165, 1.54) is 3.93 Å². The summed E-state index contributed by atoms with van der Waals surface area (Å²) in [7, 11) is 0. The zero-order chi connectivity index (χ0) is 11.3. The second-order valence-electron chi connectivity index (χ2n) is 4.24. The van der Waals surface area contributed by atoms with Crippen molar-refractivity contribution in [1.82, 2.24) is 0 Å². The molecule has 5 heteroatoms. The second kappa shape index (κ2) is 6.16. The summed E-state index contributed by atoms with van der Waals surface area (Å²) >= 11 is -0.907. The summed E-state index contributed by atoms with van der Waals surface area (Å²) in [6.07, 6.45) is -0.0951. The summed E-state index contributed by atoms with van der Waals surface area (Å²) in [5, 5.41) is 0. The summed E-state index contributed by atoms with van der Waals surface area (Å²) in [6.45, 7) is 6.72. The Bertz CT molecular complexity index is 217. The SMILES string of the molecule is C[CH2][Hg][CH2]C(=O)OCC1COC(C)(C)O1. The first kappa shape index (κ1) is 13.4. The van der Waals surface area contributed by atoms with Crippen molar-refractivity contribution in [2.45, 2.75) is 40.5 Å². The van der Waals surface area contributed by atoms with Crippen LogP contribution in [-0.2, 0) is 43.6 Å². The molecular weight excluding hydrogens is 385 g/mol. The predicted molar refractivity (Wildman–Crippen MR) is 51.2 cm³/mol. The van der Waals surface area contributed by atoms with Gasteiger partial charge in [0.2, 0.25) is 0 Å². The van der Waals surface area contributed by atoms with Gasteiger partial charge in [0.05, 0.1) is 0 Å². The van der Waals surface area contributed by atoms with Crippen molar-refractivity contribution in [2.75, 3.05) is 13.2 Å². The number of carbonyl (C=O) groups excluding carboxylic acids is 1. The monoisotopic (exact) mass is 404 g/mol. The van der Waals surface area contributed by atoms with E-state index >= 15 is 0 Å². The van der Waals surface area contributed by atoms with Gasteiger partial charge < -0.3 is 0 Å². The molecule has 1 atom stereocenters. The molecule has 4 nitrogen and oxygen atoms in total. The van der Waals surface area contributed by atoms with Crippen LogP contribution in [0.4, 0.5) is 0 Å². The Labute approximate surface area is 103 Å². The number of esters is 1. The summed E-state index contributed by atoms with van der Waals surface area (Å²) in [5.41, 5.74) is 0. The van der Waals surface area contributed by atoms with Crippen LogP contribution in [0.2, 0.25) is 7.86 Å². The number of carbonyl (C=O) groups is 1. The van der Waals surface area contributed by atoms with Gasteiger partial charge in [-0.1, -0.05) is 0 Å². The first-order chi connectivity index (χ1) is 7.03. The molecule has 0 bridgehead atoms. The van der Waals surface area contributed by atoms with Crippen LogP contribution in [0.25, 0.3) is 0 Å². The molecule has 1 fully saturated rings. The van der Waals surface area contributed by atoms with Gasteiger partial charge in [-0.15, -0.1) is 0 Å². The van der Waals surface area contributed by atoms with E-state index in [1.54, 1.807) is 0 Å². The minimum absolute atomic E-state index is 0.0492. The first-order valence-electron chi connectivity index (χ1n) is 5.51. The van der Waals surface area contributed by atoms with Gasteiger partial charge in [0, 0.05) is 0 Å². The molecule has 0 amide bonds. The molecule has 15 heavy (non-hydrogen) atoms. The van der Waals surface area contributed by atoms with Crippen molar-refractivity contribution in [3.63, 3.8) is 0 Å². The van der Waals surface area contributed by atoms with Crippen molar-refractivity contribution < 1.29 is 43.6 Å². The molecule has 1 aliphatic heterocycles. The van der Waals surface area contributed by atoms with Gasteiger partial charge in [-0.25, -0.2) is 0 Å². The van der Waals surface area contributed by atoms with Gasteiger partial charge in [-0.3, -0.25) is 0 Å². The van der Waals surface area contributed by atoms with E-state index in [2.05, 4.69) is 6.92 Å². The molecule has 0 spiro atoms. The Balaban J connectivity index is 2.13. The summed E-state index contributed by atoms with van der Waals surface area (Å²) in [4.78, 5) is 11.3. The number of rotatable bonds is 5. The molecule has 1 saturated heterocycles. The third kappa shape index (κ3) is 5.27. The number of hydrogen-bond acceptors (Lipinski definition) is 4. The Hall–Kier alpha value is 0.325. The molecular formula is C10H18HgO4. The molecule has 1 unspecified atom stereocenters. The quantitative estimate of drug-likeness (QED) is 0.518. The van der Waals surface area contributed by atoms with Gasteiger partial charge in [0.15, 0.2) is 0 Å². The molecule has 0 radical (unpaired) electrons. The fourth-order valence-corrected chi connectivity index (χ4v) is 4.48. The Morgan fingerprint density at radius 2 is 2.33 bits per heavy atom. The predicted octanol–water partition coefficient (Wildman–Crippen LogP) is 1.62. The van der Waals surface area contributed by atoms with Gasteiger partial charge in [0.25, 0.3) is 0 Å². The maximum absolute atomic E-state index is 11.3. The standard InChI is InChI=1S/C8H13O4.C2H5.Hg/c1-6(9)10-4-7-5-11-8(2,3)12-7;1-2;/h7H,1,4-5H2,2-3H3;1H2,2H3;. The van der Waals surface area contributed by atoms with Gasteiger partial charge in [-0.2, -0.15) is 0 Å². The van der Waals surface area contributed by atoms with E-state index in [-0.39, 0.29) is 12.1 Å². The average molecular weight is 403 g/mol. The third-order valence-electron chi connectivity index (χ3n) is 2.23. The molecule has 1 rings (SSSR count). The average Bonchev–Trinajstić information content (AvgIpc) is 2.52. The van der Waals surface area contributed by atoms with Crippen LogP contribution in [0.1, 0.15) is 20.8 Å². The van der Waals surface area contributed by atoms with Crippen LogP contribution in [0.3, 0.4) is 0 Å². The molecule has 0 N–H and O–H groups in total. The zero-order valence-corrected chi connectivity index (χ0v) is 15.2. The zero-order valence-electron chi connectivity index (χ0n) is 9.75. The van der Waals surface area contributed by atoms with E-state index in [0.29, 0.717) is 17.1 Å². The minimum atomic E-state index is -0.907. The van der Waals surface area contributed by atoms with Crippen molar-refractivity contribution in [2.24, 2.45) is 0 Å². The van der Waals surface area contributed by atoms with E-state index in [0.717, 1.165) is 0 Å². The molecule has 1 heterocycles. The second-order valence-corrected chi connectivity index (χ2v) is 12.8. The fraction of sp³-hybridized carbons (Fsp3) is 0.900. The molecule has 84 valence electrons. The fourth-order valence-electron chi connectivity index (χ4n) is 1.42. The molecule has 0 aromatic heterocycles. The van der Waals surface area contributed by atoms with Crippen molar-refractivity contribution in [1.29, 1.82) is 0 Å². The van der Waals surface area contributed by atoms with Crippen LogP contribution in [0, 0.1) is 0 Å². The maximum atomic E-state index is 11.3. The Morgan fingerprint density at radius 3 is 2.87 bits per heavy atom. The van der Waals surface area contributed by atoms with E-state index in [4.69, 9.17) is 14.2 Å². The van der Waals surface area contributed by atoms with Gasteiger partial charge >= 0.3 is 103 Å². The summed E-state index contributed by atoms with van der Waals surface area (Å²) in [5.74, 6) is -0.577. The van der Waals surface area contributed by atoms with E-state index in [1.807, 2.05) is 13.8 Å². The Morgan fingerprint density at radius 1 is 1.60 bits per heavy atom. The third-order valence-corrected chi connectivity index (χ3v) is 7.94. The van der Waals surface area contributed by atoms with Crippen molar-refractivity contribution in [3.8, 4) is 0 Å². The topological polar surface area (TPSA) is 44.8 Å². The van der Waals surface area contributed by atoms with Gasteiger partial charge in [-0.05, 0) is 0 Å². The van der Waals surface area contributed by atoms with Crippen LogP contribution in [0.5, 0.6) is 0 Å². The Kier molecular flexibility index (Phi) is 5.50.